The van der Waals surface area contributed by atoms with Gasteiger partial charge in [-0.3, -0.25) is 4.79 Å². The molecule has 0 saturated heterocycles. The van der Waals surface area contributed by atoms with Gasteiger partial charge < -0.3 is 19.6 Å². The van der Waals surface area contributed by atoms with E-state index in [9.17, 15) is 14.0 Å². The summed E-state index contributed by atoms with van der Waals surface area (Å²) in [6.07, 6.45) is 2.06. The van der Waals surface area contributed by atoms with Gasteiger partial charge in [0.2, 0.25) is 11.6 Å². The van der Waals surface area contributed by atoms with E-state index in [0.29, 0.717) is 38.0 Å². The van der Waals surface area contributed by atoms with Crippen LogP contribution in [0.4, 0.5) is 9.18 Å². The molecule has 37 heavy (non-hydrogen) atoms. The highest BCUT2D eigenvalue weighted by atomic mass is 35.5. The largest absolute Gasteiger partial charge is 0.463 e. The van der Waals surface area contributed by atoms with Crippen molar-refractivity contribution in [3.05, 3.63) is 105 Å². The summed E-state index contributed by atoms with van der Waals surface area (Å²) in [5, 5.41) is 12.8. The van der Waals surface area contributed by atoms with Crippen LogP contribution in [0.2, 0.25) is 10.0 Å². The molecule has 0 aliphatic rings. The summed E-state index contributed by atoms with van der Waals surface area (Å²) in [5.74, 6) is -0.938. The molecular formula is C26H22Cl2FN5O3. The third kappa shape index (κ3) is 6.25. The van der Waals surface area contributed by atoms with Gasteiger partial charge in [-0.2, -0.15) is 4.39 Å². The number of pyridine rings is 1. The molecule has 0 unspecified atom stereocenters. The lowest BCUT2D eigenvalue weighted by atomic mass is 9.98. The number of hydrogen-bond acceptors (Lipinski definition) is 3. The fourth-order valence-electron chi connectivity index (χ4n) is 3.90. The topological polar surface area (TPSA) is 102 Å². The normalized spacial score (nSPS) is 11.5. The van der Waals surface area contributed by atoms with Gasteiger partial charge in [-0.05, 0) is 66.1 Å². The van der Waals surface area contributed by atoms with E-state index in [1.165, 1.54) is 6.07 Å². The zero-order valence-electron chi connectivity index (χ0n) is 19.9. The van der Waals surface area contributed by atoms with Gasteiger partial charge in [0.1, 0.15) is 0 Å². The maximum atomic E-state index is 13.6. The van der Waals surface area contributed by atoms with Crippen molar-refractivity contribution in [1.82, 2.24) is 19.4 Å². The van der Waals surface area contributed by atoms with E-state index in [2.05, 4.69) is 15.3 Å². The Bertz CT molecular complexity index is 1580. The highest BCUT2D eigenvalue weighted by Crippen LogP contribution is 2.26. The van der Waals surface area contributed by atoms with Crippen molar-refractivity contribution in [3.8, 4) is 11.1 Å². The van der Waals surface area contributed by atoms with E-state index in [4.69, 9.17) is 28.3 Å². The Labute approximate surface area is 221 Å². The van der Waals surface area contributed by atoms with E-state index in [1.807, 2.05) is 6.07 Å². The molecule has 0 spiro atoms. The van der Waals surface area contributed by atoms with Gasteiger partial charge >= 0.3 is 6.09 Å². The first-order valence-electron chi connectivity index (χ1n) is 11.1. The molecule has 2 aromatic carbocycles. The van der Waals surface area contributed by atoms with Crippen LogP contribution in [0.15, 0.2) is 65.9 Å². The van der Waals surface area contributed by atoms with Gasteiger partial charge in [0.25, 0.3) is 5.91 Å². The van der Waals surface area contributed by atoms with Gasteiger partial charge in [0.15, 0.2) is 0 Å². The van der Waals surface area contributed by atoms with Crippen molar-refractivity contribution < 1.29 is 19.1 Å². The third-order valence-corrected chi connectivity index (χ3v) is 6.39. The Morgan fingerprint density at radius 2 is 1.84 bits per heavy atom. The van der Waals surface area contributed by atoms with E-state index < -0.39 is 12.0 Å². The van der Waals surface area contributed by atoms with E-state index >= 15 is 0 Å². The molecule has 8 nitrogen and oxygen atoms in total. The molecule has 190 valence electrons. The molecule has 11 heteroatoms. The van der Waals surface area contributed by atoms with Crippen LogP contribution in [0, 0.1) is 12.9 Å². The second-order valence-corrected chi connectivity index (χ2v) is 9.16. The molecule has 0 bridgehead atoms. The maximum absolute atomic E-state index is 13.6. The number of amides is 2. The monoisotopic (exact) mass is 541 g/mol. The summed E-state index contributed by atoms with van der Waals surface area (Å²) < 4.78 is 16.9. The first kappa shape index (κ1) is 26.1. The van der Waals surface area contributed by atoms with Crippen molar-refractivity contribution in [2.75, 3.05) is 0 Å². The number of imidazole rings is 1. The highest BCUT2D eigenvalue weighted by molar-refractivity contribution is 6.42. The number of hydrogen-bond donors (Lipinski definition) is 2. The number of benzene rings is 2. The van der Waals surface area contributed by atoms with Crippen LogP contribution in [-0.4, -0.2) is 31.2 Å². The van der Waals surface area contributed by atoms with E-state index in [1.54, 1.807) is 71.9 Å². The van der Waals surface area contributed by atoms with Crippen molar-refractivity contribution >= 4 is 35.2 Å². The second kappa shape index (κ2) is 11.0. The molecule has 0 saturated carbocycles. The molecule has 2 N–H and O–H groups in total. The maximum Gasteiger partial charge on any atom is 0.434 e. The Kier molecular flexibility index (Phi) is 7.75. The second-order valence-electron chi connectivity index (χ2n) is 8.35. The number of nitrogens with one attached hydrogen (secondary N) is 1. The van der Waals surface area contributed by atoms with Gasteiger partial charge in [-0.1, -0.05) is 29.3 Å². The Morgan fingerprint density at radius 3 is 2.54 bits per heavy atom. The Morgan fingerprint density at radius 1 is 1.05 bits per heavy atom. The smallest absolute Gasteiger partial charge is 0.434 e. The molecule has 0 aliphatic carbocycles. The Balaban J connectivity index is 1.71. The number of carbonyl (C=O) groups excluding carboxylic acids is 1. The Hall–Kier alpha value is -3.95. The van der Waals surface area contributed by atoms with Crippen molar-refractivity contribution in [2.24, 2.45) is 12.0 Å². The van der Waals surface area contributed by atoms with Gasteiger partial charge in [-0.25, -0.2) is 9.78 Å². The van der Waals surface area contributed by atoms with Gasteiger partial charge in [0.05, 0.1) is 16.6 Å². The summed E-state index contributed by atoms with van der Waals surface area (Å²) in [6, 6.07) is 13.2. The minimum Gasteiger partial charge on any atom is -0.463 e. The standard InChI is InChI=1S/C26H22Cl2FN5O3/c1-15-20(4-6-23(29)31-15)18-9-17(14-34-8-7-33(2)25(34)32-26(36)37)10-19(12-18)24(35)30-13-16-3-5-21(27)22(28)11-16/h3-12H,13-14H2,1-2H3,(H,30,35)(H,36,37)/b32-25+. The number of carbonyl (C=O) groups is 2. The molecule has 4 rings (SSSR count). The lowest BCUT2D eigenvalue weighted by Crippen LogP contribution is -2.26. The van der Waals surface area contributed by atoms with Crippen molar-refractivity contribution in [2.45, 2.75) is 20.0 Å². The molecule has 0 radical (unpaired) electrons. The number of carboxylic acid groups (broad SMARTS) is 1. The molecule has 2 heterocycles. The summed E-state index contributed by atoms with van der Waals surface area (Å²) in [7, 11) is 1.68. The highest BCUT2D eigenvalue weighted by Gasteiger charge is 2.14. The number of halogens is 3. The molecule has 2 aromatic heterocycles. The zero-order chi connectivity index (χ0) is 26.7. The average Bonchev–Trinajstić information content (AvgIpc) is 3.17. The summed E-state index contributed by atoms with van der Waals surface area (Å²) >= 11 is 12.0. The number of aryl methyl sites for hydroxylation is 2. The SMILES string of the molecule is Cc1nc(F)ccc1-c1cc(Cn2ccn(C)/c2=N\C(=O)O)cc(C(=O)NCc2ccc(Cl)c(Cl)c2)c1. The fourth-order valence-corrected chi connectivity index (χ4v) is 4.23. The minimum atomic E-state index is -1.32. The fraction of sp³-hybridized carbons (Fsp3) is 0.154. The van der Waals surface area contributed by atoms with Crippen molar-refractivity contribution in [3.63, 3.8) is 0 Å². The molecule has 0 atom stereocenters. The van der Waals surface area contributed by atoms with Crippen LogP contribution in [-0.2, 0) is 20.1 Å². The molecule has 4 aromatic rings. The van der Waals surface area contributed by atoms with Crippen LogP contribution in [0.25, 0.3) is 11.1 Å². The van der Waals surface area contributed by atoms with Crippen LogP contribution in [0.3, 0.4) is 0 Å². The molecule has 0 fully saturated rings. The third-order valence-electron chi connectivity index (χ3n) is 5.65. The van der Waals surface area contributed by atoms with Crippen LogP contribution >= 0.6 is 23.2 Å². The summed E-state index contributed by atoms with van der Waals surface area (Å²) in [5.41, 5.74) is 3.86. The quantitative estimate of drug-likeness (QED) is 0.327. The number of rotatable bonds is 6. The summed E-state index contributed by atoms with van der Waals surface area (Å²) in [6.45, 7) is 2.15. The number of nitrogens with zero attached hydrogens (tertiary/aromatic N) is 4. The first-order chi connectivity index (χ1) is 17.6. The zero-order valence-corrected chi connectivity index (χ0v) is 21.4. The minimum absolute atomic E-state index is 0.224. The molecule has 0 aliphatic heterocycles. The summed E-state index contributed by atoms with van der Waals surface area (Å²) in [4.78, 5) is 31.9. The van der Waals surface area contributed by atoms with Gasteiger partial charge in [-0.15, -0.1) is 4.99 Å². The first-order valence-corrected chi connectivity index (χ1v) is 11.9. The van der Waals surface area contributed by atoms with Crippen molar-refractivity contribution in [1.29, 1.82) is 0 Å². The van der Waals surface area contributed by atoms with Gasteiger partial charge in [0, 0.05) is 42.8 Å². The van der Waals surface area contributed by atoms with E-state index in [-0.39, 0.29) is 24.6 Å². The molecular weight excluding hydrogens is 520 g/mol. The molecule has 2 amide bonds. The predicted octanol–water partition coefficient (Wildman–Crippen LogP) is 5.20. The van der Waals surface area contributed by atoms with Crippen LogP contribution < -0.4 is 10.9 Å². The lowest BCUT2D eigenvalue weighted by Gasteiger charge is -2.13. The average molecular weight is 542 g/mol. The lowest BCUT2D eigenvalue weighted by molar-refractivity contribution is 0.0950. The predicted molar refractivity (Wildman–Crippen MR) is 138 cm³/mol. The number of aromatic nitrogens is 3. The van der Waals surface area contributed by atoms with Crippen LogP contribution in [0.5, 0.6) is 0 Å². The van der Waals surface area contributed by atoms with Crippen LogP contribution in [0.1, 0.15) is 27.2 Å². The van der Waals surface area contributed by atoms with E-state index in [0.717, 1.165) is 5.56 Å².